The standard InChI is InChI=1S/C16H23ClN2O5S/c1-3-4-9-25(22,23)19-12(2)16(21)24-11-15(20)18-10-13-7-5-6-8-14(13)17/h5-8,12,19H,3-4,9-11H2,1-2H3,(H,18,20)/t12-/m0/s1. The molecule has 1 rings (SSSR count). The molecule has 2 N–H and O–H groups in total. The number of unbranched alkanes of at least 4 members (excludes halogenated alkanes) is 1. The lowest BCUT2D eigenvalue weighted by Crippen LogP contribution is -2.41. The molecule has 0 radical (unpaired) electrons. The van der Waals surface area contributed by atoms with Gasteiger partial charge in [-0.05, 0) is 25.0 Å². The van der Waals surface area contributed by atoms with Crippen LogP contribution in [0.25, 0.3) is 0 Å². The molecule has 0 heterocycles. The summed E-state index contributed by atoms with van der Waals surface area (Å²) in [5.74, 6) is -1.37. The van der Waals surface area contributed by atoms with Gasteiger partial charge >= 0.3 is 5.97 Å². The second-order valence-corrected chi connectivity index (χ2v) is 7.77. The van der Waals surface area contributed by atoms with Gasteiger partial charge in [-0.1, -0.05) is 43.1 Å². The number of sulfonamides is 1. The molecule has 0 saturated carbocycles. The van der Waals surface area contributed by atoms with Crippen LogP contribution < -0.4 is 10.0 Å². The third-order valence-electron chi connectivity index (χ3n) is 3.26. The molecule has 0 aliphatic heterocycles. The molecule has 0 aliphatic rings. The molecule has 0 aromatic heterocycles. The second kappa shape index (κ2) is 10.4. The monoisotopic (exact) mass is 390 g/mol. The Morgan fingerprint density at radius 2 is 1.96 bits per heavy atom. The van der Waals surface area contributed by atoms with Gasteiger partial charge in [0.15, 0.2) is 6.61 Å². The lowest BCUT2D eigenvalue weighted by Gasteiger charge is -2.13. The minimum Gasteiger partial charge on any atom is -0.454 e. The van der Waals surface area contributed by atoms with Crippen LogP contribution in [0.5, 0.6) is 0 Å². The summed E-state index contributed by atoms with van der Waals surface area (Å²) in [7, 11) is -3.54. The molecule has 1 amide bonds. The van der Waals surface area contributed by atoms with Crippen molar-refractivity contribution >= 4 is 33.5 Å². The molecule has 1 aromatic rings. The van der Waals surface area contributed by atoms with E-state index in [0.717, 1.165) is 12.0 Å². The SMILES string of the molecule is CCCCS(=O)(=O)N[C@@H](C)C(=O)OCC(=O)NCc1ccccc1Cl. The van der Waals surface area contributed by atoms with Crippen LogP contribution in [0.2, 0.25) is 5.02 Å². The van der Waals surface area contributed by atoms with Crippen molar-refractivity contribution in [2.24, 2.45) is 0 Å². The minimum atomic E-state index is -3.54. The van der Waals surface area contributed by atoms with Crippen LogP contribution in [0.4, 0.5) is 0 Å². The summed E-state index contributed by atoms with van der Waals surface area (Å²) in [6.45, 7) is 2.95. The third kappa shape index (κ3) is 8.33. The number of benzene rings is 1. The molecule has 1 aromatic carbocycles. The lowest BCUT2D eigenvalue weighted by atomic mass is 10.2. The molecule has 0 aliphatic carbocycles. The number of rotatable bonds is 10. The van der Waals surface area contributed by atoms with Crippen LogP contribution in [0, 0.1) is 0 Å². The smallest absolute Gasteiger partial charge is 0.324 e. The van der Waals surface area contributed by atoms with E-state index in [0.29, 0.717) is 11.4 Å². The van der Waals surface area contributed by atoms with E-state index in [9.17, 15) is 18.0 Å². The van der Waals surface area contributed by atoms with Crippen LogP contribution in [-0.4, -0.2) is 38.7 Å². The molecule has 0 spiro atoms. The van der Waals surface area contributed by atoms with Crippen LogP contribution >= 0.6 is 11.6 Å². The Balaban J connectivity index is 2.37. The zero-order valence-corrected chi connectivity index (χ0v) is 15.8. The van der Waals surface area contributed by atoms with Gasteiger partial charge in [0.25, 0.3) is 5.91 Å². The van der Waals surface area contributed by atoms with Crippen molar-refractivity contribution in [2.75, 3.05) is 12.4 Å². The summed E-state index contributed by atoms with van der Waals surface area (Å²) < 4.78 is 30.5. The second-order valence-electron chi connectivity index (χ2n) is 5.49. The number of hydrogen-bond acceptors (Lipinski definition) is 5. The fourth-order valence-electron chi connectivity index (χ4n) is 1.86. The number of halogens is 1. The molecular weight excluding hydrogens is 368 g/mol. The van der Waals surface area contributed by atoms with E-state index in [4.69, 9.17) is 16.3 Å². The highest BCUT2D eigenvalue weighted by Gasteiger charge is 2.21. The molecule has 0 unspecified atom stereocenters. The van der Waals surface area contributed by atoms with Crippen LogP contribution in [0.1, 0.15) is 32.3 Å². The van der Waals surface area contributed by atoms with Gasteiger partial charge < -0.3 is 10.1 Å². The Morgan fingerprint density at radius 1 is 1.28 bits per heavy atom. The number of amides is 1. The van der Waals surface area contributed by atoms with E-state index in [1.165, 1.54) is 6.92 Å². The molecular formula is C16H23ClN2O5S. The van der Waals surface area contributed by atoms with Crippen molar-refractivity contribution < 1.29 is 22.7 Å². The topological polar surface area (TPSA) is 102 Å². The average molecular weight is 391 g/mol. The first-order chi connectivity index (χ1) is 11.7. The summed E-state index contributed by atoms with van der Waals surface area (Å²) in [5, 5.41) is 3.09. The van der Waals surface area contributed by atoms with Gasteiger partial charge in [0, 0.05) is 11.6 Å². The maximum Gasteiger partial charge on any atom is 0.324 e. The number of esters is 1. The predicted molar refractivity (Wildman–Crippen MR) is 95.6 cm³/mol. The van der Waals surface area contributed by atoms with Gasteiger partial charge in [0.1, 0.15) is 6.04 Å². The van der Waals surface area contributed by atoms with Crippen LogP contribution in [-0.2, 0) is 30.9 Å². The van der Waals surface area contributed by atoms with Crippen molar-refractivity contribution in [1.82, 2.24) is 10.0 Å². The van der Waals surface area contributed by atoms with Gasteiger partial charge in [-0.25, -0.2) is 13.1 Å². The number of carbonyl (C=O) groups excluding carboxylic acids is 2. The fourth-order valence-corrected chi connectivity index (χ4v) is 3.48. The molecule has 0 fully saturated rings. The van der Waals surface area contributed by atoms with Crippen molar-refractivity contribution in [3.05, 3.63) is 34.9 Å². The van der Waals surface area contributed by atoms with Gasteiger partial charge in [0.05, 0.1) is 5.75 Å². The molecule has 140 valence electrons. The van der Waals surface area contributed by atoms with Crippen molar-refractivity contribution in [1.29, 1.82) is 0 Å². The van der Waals surface area contributed by atoms with E-state index in [-0.39, 0.29) is 12.3 Å². The number of nitrogens with one attached hydrogen (secondary N) is 2. The van der Waals surface area contributed by atoms with Gasteiger partial charge in [-0.15, -0.1) is 0 Å². The molecule has 25 heavy (non-hydrogen) atoms. The number of hydrogen-bond donors (Lipinski definition) is 2. The van der Waals surface area contributed by atoms with E-state index >= 15 is 0 Å². The molecule has 9 heteroatoms. The number of ether oxygens (including phenoxy) is 1. The lowest BCUT2D eigenvalue weighted by molar-refractivity contribution is -0.149. The van der Waals surface area contributed by atoms with Crippen molar-refractivity contribution in [3.63, 3.8) is 0 Å². The Labute approximate surface area is 153 Å². The maximum absolute atomic E-state index is 11.8. The molecule has 1 atom stereocenters. The largest absolute Gasteiger partial charge is 0.454 e. The highest BCUT2D eigenvalue weighted by molar-refractivity contribution is 7.89. The molecule has 7 nitrogen and oxygen atoms in total. The Morgan fingerprint density at radius 3 is 2.60 bits per heavy atom. The van der Waals surface area contributed by atoms with Crippen molar-refractivity contribution in [3.8, 4) is 0 Å². The highest BCUT2D eigenvalue weighted by Crippen LogP contribution is 2.14. The van der Waals surface area contributed by atoms with E-state index in [1.807, 2.05) is 6.92 Å². The zero-order chi connectivity index (χ0) is 18.9. The summed E-state index contributed by atoms with van der Waals surface area (Å²) in [6, 6.07) is 5.98. The zero-order valence-electron chi connectivity index (χ0n) is 14.2. The Hall–Kier alpha value is -1.64. The molecule has 0 saturated heterocycles. The van der Waals surface area contributed by atoms with Gasteiger partial charge in [-0.2, -0.15) is 0 Å². The van der Waals surface area contributed by atoms with E-state index < -0.39 is 34.5 Å². The average Bonchev–Trinajstić information content (AvgIpc) is 2.56. The summed E-state index contributed by atoms with van der Waals surface area (Å²) >= 11 is 5.97. The first-order valence-corrected chi connectivity index (χ1v) is 9.95. The fraction of sp³-hybridized carbons (Fsp3) is 0.500. The number of carbonyl (C=O) groups is 2. The predicted octanol–water partition coefficient (Wildman–Crippen LogP) is 1.61. The first kappa shape index (κ1) is 21.4. The minimum absolute atomic E-state index is 0.0561. The summed E-state index contributed by atoms with van der Waals surface area (Å²) in [5.41, 5.74) is 0.737. The molecule has 0 bridgehead atoms. The first-order valence-electron chi connectivity index (χ1n) is 7.92. The van der Waals surface area contributed by atoms with Gasteiger partial charge in [0.2, 0.25) is 10.0 Å². The third-order valence-corrected chi connectivity index (χ3v) is 5.16. The van der Waals surface area contributed by atoms with E-state index in [1.54, 1.807) is 24.3 Å². The summed E-state index contributed by atoms with van der Waals surface area (Å²) in [6.07, 6.45) is 1.23. The van der Waals surface area contributed by atoms with Gasteiger partial charge in [-0.3, -0.25) is 9.59 Å². The van der Waals surface area contributed by atoms with E-state index in [2.05, 4.69) is 10.0 Å². The normalized spacial score (nSPS) is 12.4. The summed E-state index contributed by atoms with van der Waals surface area (Å²) in [4.78, 5) is 23.5. The maximum atomic E-state index is 11.8. The quantitative estimate of drug-likeness (QED) is 0.591. The Bertz CT molecular complexity index is 694. The van der Waals surface area contributed by atoms with Crippen LogP contribution in [0.15, 0.2) is 24.3 Å². The van der Waals surface area contributed by atoms with Crippen molar-refractivity contribution in [2.45, 2.75) is 39.3 Å². The highest BCUT2D eigenvalue weighted by atomic mass is 35.5. The Kier molecular flexibility index (Phi) is 8.88. The van der Waals surface area contributed by atoms with Crippen LogP contribution in [0.3, 0.4) is 0 Å².